The lowest BCUT2D eigenvalue weighted by atomic mass is 10.1. The summed E-state index contributed by atoms with van der Waals surface area (Å²) in [5.41, 5.74) is 6.71. The third-order valence-corrected chi connectivity index (χ3v) is 6.22. The standard InChI is InChI=1S/C29H30N6/c1-22-10-12-24(13-11-22)16-17-34(18-27-15-14-25-7-3-4-9-28(25)32-27)20-29-33-30-21-35(29)19-26-8-5-6-23(2)31-26/h3-15,21H,16-20H2,1-2H3. The lowest BCUT2D eigenvalue weighted by Gasteiger charge is -2.22. The van der Waals surface area contributed by atoms with E-state index in [1.165, 1.54) is 11.1 Å². The van der Waals surface area contributed by atoms with E-state index in [-0.39, 0.29) is 0 Å². The lowest BCUT2D eigenvalue weighted by molar-refractivity contribution is 0.247. The van der Waals surface area contributed by atoms with Crippen molar-refractivity contribution in [2.75, 3.05) is 6.54 Å². The van der Waals surface area contributed by atoms with Crippen LogP contribution in [0.2, 0.25) is 0 Å². The molecule has 0 N–H and O–H groups in total. The Bertz CT molecular complexity index is 1410. The second kappa shape index (κ2) is 10.6. The van der Waals surface area contributed by atoms with Crippen LogP contribution in [0.25, 0.3) is 10.9 Å². The number of hydrogen-bond acceptors (Lipinski definition) is 5. The SMILES string of the molecule is Cc1ccc(CCN(Cc2ccc3ccccc3n2)Cc2nncn2Cc2cccc(C)n2)cc1. The van der Waals surface area contributed by atoms with E-state index >= 15 is 0 Å². The Labute approximate surface area is 206 Å². The largest absolute Gasteiger partial charge is 0.310 e. The molecular formula is C29H30N6. The van der Waals surface area contributed by atoms with Crippen molar-refractivity contribution in [1.29, 1.82) is 0 Å². The maximum atomic E-state index is 4.92. The fraction of sp³-hybridized carbons (Fsp3) is 0.241. The fourth-order valence-corrected chi connectivity index (χ4v) is 4.28. The summed E-state index contributed by atoms with van der Waals surface area (Å²) in [6.45, 7) is 7.12. The molecule has 6 heteroatoms. The maximum Gasteiger partial charge on any atom is 0.147 e. The summed E-state index contributed by atoms with van der Waals surface area (Å²) in [7, 11) is 0. The van der Waals surface area contributed by atoms with Gasteiger partial charge in [-0.25, -0.2) is 0 Å². The third-order valence-electron chi connectivity index (χ3n) is 6.22. The van der Waals surface area contributed by atoms with Crippen molar-refractivity contribution >= 4 is 10.9 Å². The minimum absolute atomic E-state index is 0.657. The van der Waals surface area contributed by atoms with Gasteiger partial charge in [0, 0.05) is 24.2 Å². The van der Waals surface area contributed by atoms with Crippen LogP contribution in [-0.2, 0) is 26.1 Å². The third kappa shape index (κ3) is 5.97. The molecule has 5 aromatic rings. The van der Waals surface area contributed by atoms with Crippen molar-refractivity contribution in [3.8, 4) is 0 Å². The molecule has 0 fully saturated rings. The molecule has 0 radical (unpaired) electrons. The van der Waals surface area contributed by atoms with Crippen molar-refractivity contribution in [2.24, 2.45) is 0 Å². The van der Waals surface area contributed by atoms with E-state index in [9.17, 15) is 0 Å². The molecule has 0 aliphatic rings. The van der Waals surface area contributed by atoms with Gasteiger partial charge in [-0.05, 0) is 50.1 Å². The van der Waals surface area contributed by atoms with Gasteiger partial charge in [0.25, 0.3) is 0 Å². The number of nitrogens with zero attached hydrogens (tertiary/aromatic N) is 6. The van der Waals surface area contributed by atoms with E-state index in [1.54, 1.807) is 6.33 Å². The molecule has 0 aliphatic heterocycles. The molecule has 0 unspecified atom stereocenters. The van der Waals surface area contributed by atoms with Gasteiger partial charge in [0.1, 0.15) is 12.2 Å². The van der Waals surface area contributed by atoms with Crippen molar-refractivity contribution in [3.63, 3.8) is 0 Å². The van der Waals surface area contributed by atoms with Crippen LogP contribution in [0.15, 0.2) is 85.2 Å². The van der Waals surface area contributed by atoms with Crippen molar-refractivity contribution in [2.45, 2.75) is 39.9 Å². The van der Waals surface area contributed by atoms with Gasteiger partial charge >= 0.3 is 0 Å². The molecule has 2 aromatic carbocycles. The highest BCUT2D eigenvalue weighted by Crippen LogP contribution is 2.15. The van der Waals surface area contributed by atoms with Crippen LogP contribution < -0.4 is 0 Å². The summed E-state index contributed by atoms with van der Waals surface area (Å²) in [5, 5.41) is 9.83. The highest BCUT2D eigenvalue weighted by molar-refractivity contribution is 5.78. The number of rotatable bonds is 9. The molecule has 5 rings (SSSR count). The number of hydrogen-bond donors (Lipinski definition) is 0. The Morgan fingerprint density at radius 3 is 2.49 bits per heavy atom. The van der Waals surface area contributed by atoms with Crippen LogP contribution in [0.3, 0.4) is 0 Å². The summed E-state index contributed by atoms with van der Waals surface area (Å²) in [5.74, 6) is 0.929. The second-order valence-electron chi connectivity index (χ2n) is 9.09. The van der Waals surface area contributed by atoms with Crippen molar-refractivity contribution < 1.29 is 0 Å². The van der Waals surface area contributed by atoms with Gasteiger partial charge in [-0.3, -0.25) is 14.9 Å². The van der Waals surface area contributed by atoms with Gasteiger partial charge in [0.05, 0.1) is 30.0 Å². The molecule has 3 aromatic heterocycles. The van der Waals surface area contributed by atoms with Gasteiger partial charge in [0.15, 0.2) is 0 Å². The van der Waals surface area contributed by atoms with Crippen LogP contribution in [0, 0.1) is 13.8 Å². The highest BCUT2D eigenvalue weighted by Gasteiger charge is 2.14. The Morgan fingerprint density at radius 1 is 0.771 bits per heavy atom. The van der Waals surface area contributed by atoms with Crippen LogP contribution in [0.4, 0.5) is 0 Å². The van der Waals surface area contributed by atoms with Crippen LogP contribution in [0.1, 0.15) is 34.0 Å². The predicted octanol–water partition coefficient (Wildman–Crippen LogP) is 5.13. The first kappa shape index (κ1) is 22.9. The van der Waals surface area contributed by atoms with E-state index < -0.39 is 0 Å². The molecule has 0 bridgehead atoms. The van der Waals surface area contributed by atoms with Crippen molar-refractivity contribution in [1.82, 2.24) is 29.6 Å². The zero-order chi connectivity index (χ0) is 24.0. The predicted molar refractivity (Wildman–Crippen MR) is 139 cm³/mol. The molecular weight excluding hydrogens is 432 g/mol. The smallest absolute Gasteiger partial charge is 0.147 e. The van der Waals surface area contributed by atoms with Gasteiger partial charge in [-0.1, -0.05) is 60.2 Å². The molecule has 0 spiro atoms. The van der Waals surface area contributed by atoms with Crippen molar-refractivity contribution in [3.05, 3.63) is 119 Å². The van der Waals surface area contributed by atoms with Crippen LogP contribution in [-0.4, -0.2) is 36.2 Å². The zero-order valence-corrected chi connectivity index (χ0v) is 20.3. The molecule has 0 saturated carbocycles. The summed E-state index contributed by atoms with van der Waals surface area (Å²) in [6, 6.07) is 27.4. The highest BCUT2D eigenvalue weighted by atomic mass is 15.3. The van der Waals surface area contributed by atoms with E-state index in [0.717, 1.165) is 53.3 Å². The average Bonchev–Trinajstić information content (AvgIpc) is 3.29. The Kier molecular flexibility index (Phi) is 6.91. The Hall–Kier alpha value is -3.90. The Morgan fingerprint density at radius 2 is 1.63 bits per heavy atom. The van der Waals surface area contributed by atoms with Gasteiger partial charge < -0.3 is 4.57 Å². The van der Waals surface area contributed by atoms with E-state index in [4.69, 9.17) is 4.98 Å². The molecule has 0 amide bonds. The van der Waals surface area contributed by atoms with Gasteiger partial charge in [0.2, 0.25) is 0 Å². The topological polar surface area (TPSA) is 59.7 Å². The quantitative estimate of drug-likeness (QED) is 0.304. The first-order valence-corrected chi connectivity index (χ1v) is 12.0. The number of aromatic nitrogens is 5. The zero-order valence-electron chi connectivity index (χ0n) is 20.3. The monoisotopic (exact) mass is 462 g/mol. The number of aryl methyl sites for hydroxylation is 2. The molecule has 0 aliphatic carbocycles. The second-order valence-corrected chi connectivity index (χ2v) is 9.09. The van der Waals surface area contributed by atoms with Gasteiger partial charge in [-0.15, -0.1) is 10.2 Å². The summed E-state index contributed by atoms with van der Waals surface area (Å²) in [6.07, 6.45) is 2.76. The van der Waals surface area contributed by atoms with Crippen LogP contribution in [0.5, 0.6) is 0 Å². The number of benzene rings is 2. The summed E-state index contributed by atoms with van der Waals surface area (Å²) < 4.78 is 2.09. The van der Waals surface area contributed by atoms with E-state index in [0.29, 0.717) is 13.1 Å². The molecule has 35 heavy (non-hydrogen) atoms. The van der Waals surface area contributed by atoms with Crippen LogP contribution >= 0.6 is 0 Å². The normalized spacial score (nSPS) is 11.4. The Balaban J connectivity index is 1.36. The molecule has 0 atom stereocenters. The number of fused-ring (bicyclic) bond motifs is 1. The summed E-state index contributed by atoms with van der Waals surface area (Å²) in [4.78, 5) is 12.0. The fourth-order valence-electron chi connectivity index (χ4n) is 4.28. The molecule has 6 nitrogen and oxygen atoms in total. The summed E-state index contributed by atoms with van der Waals surface area (Å²) >= 11 is 0. The minimum Gasteiger partial charge on any atom is -0.310 e. The molecule has 3 heterocycles. The lowest BCUT2D eigenvalue weighted by Crippen LogP contribution is -2.27. The first-order valence-electron chi connectivity index (χ1n) is 12.0. The van der Waals surface area contributed by atoms with Gasteiger partial charge in [-0.2, -0.15) is 0 Å². The van der Waals surface area contributed by atoms with E-state index in [2.05, 4.69) is 80.1 Å². The molecule has 0 saturated heterocycles. The average molecular weight is 463 g/mol. The van der Waals surface area contributed by atoms with E-state index in [1.807, 2.05) is 37.3 Å². The molecule has 176 valence electrons. The minimum atomic E-state index is 0.657. The number of para-hydroxylation sites is 1. The maximum absolute atomic E-state index is 4.92. The number of pyridine rings is 2. The first-order chi connectivity index (χ1) is 17.1.